The monoisotopic (exact) mass is 356 g/mol. The second-order valence-electron chi connectivity index (χ2n) is 5.58. The molecule has 25 heavy (non-hydrogen) atoms. The Hall–Kier alpha value is -2.51. The lowest BCUT2D eigenvalue weighted by Crippen LogP contribution is -2.36. The van der Waals surface area contributed by atoms with Gasteiger partial charge in [-0.1, -0.05) is 12.1 Å². The number of benzene rings is 2. The lowest BCUT2D eigenvalue weighted by Gasteiger charge is -2.24. The third-order valence-electron chi connectivity index (χ3n) is 3.77. The number of methoxy groups -OCH3 is 1. The Kier molecular flexibility index (Phi) is 4.33. The van der Waals surface area contributed by atoms with Crippen molar-refractivity contribution in [3.8, 4) is 5.75 Å². The molecular formula is C18H16N2O4S. The number of nitrogens with zero attached hydrogens (tertiary/aromatic N) is 1. The summed E-state index contributed by atoms with van der Waals surface area (Å²) in [7, 11) is 1.58. The summed E-state index contributed by atoms with van der Waals surface area (Å²) < 4.78 is 16.4. The average Bonchev–Trinajstić information content (AvgIpc) is 3.03. The predicted molar refractivity (Wildman–Crippen MR) is 94.9 cm³/mol. The van der Waals surface area contributed by atoms with Crippen molar-refractivity contribution in [3.05, 3.63) is 48.4 Å². The van der Waals surface area contributed by atoms with Gasteiger partial charge in [-0.15, -0.1) is 11.8 Å². The number of hydrogen-bond donors (Lipinski definition) is 1. The molecule has 1 aromatic heterocycles. The van der Waals surface area contributed by atoms with Gasteiger partial charge in [0.15, 0.2) is 11.7 Å². The zero-order valence-corrected chi connectivity index (χ0v) is 14.3. The van der Waals surface area contributed by atoms with Crippen molar-refractivity contribution in [1.82, 2.24) is 4.98 Å². The van der Waals surface area contributed by atoms with Gasteiger partial charge in [-0.3, -0.25) is 4.79 Å². The van der Waals surface area contributed by atoms with Crippen molar-refractivity contribution < 1.29 is 18.7 Å². The summed E-state index contributed by atoms with van der Waals surface area (Å²) in [5.41, 5.74) is 1.99. The number of fused-ring (bicyclic) bond motifs is 2. The summed E-state index contributed by atoms with van der Waals surface area (Å²) in [5.74, 6) is 1.65. The highest BCUT2D eigenvalue weighted by molar-refractivity contribution is 7.99. The summed E-state index contributed by atoms with van der Waals surface area (Å²) in [4.78, 5) is 17.9. The Morgan fingerprint density at radius 3 is 3.12 bits per heavy atom. The standard InChI is InChI=1S/C18H16N2O4S/c1-22-9-17-20-12-8-11(6-7-13(12)24-17)19-18(21)15-10-25-16-5-3-2-4-14(16)23-15/h2-8,15H,9-10H2,1H3,(H,19,21)/t15-/m1/s1. The predicted octanol–water partition coefficient (Wildman–Crippen LogP) is 3.47. The fourth-order valence-corrected chi connectivity index (χ4v) is 3.59. The van der Waals surface area contributed by atoms with Gasteiger partial charge in [-0.25, -0.2) is 4.98 Å². The molecule has 0 spiro atoms. The molecule has 1 aliphatic heterocycles. The van der Waals surface area contributed by atoms with Crippen LogP contribution in [0.1, 0.15) is 5.89 Å². The minimum Gasteiger partial charge on any atom is -0.479 e. The molecule has 7 heteroatoms. The number of carbonyl (C=O) groups is 1. The van der Waals surface area contributed by atoms with Crippen molar-refractivity contribution in [2.75, 3.05) is 18.2 Å². The van der Waals surface area contributed by atoms with Crippen LogP contribution in [0.2, 0.25) is 0 Å². The summed E-state index contributed by atoms with van der Waals surface area (Å²) in [5, 5.41) is 2.89. The number of anilines is 1. The zero-order chi connectivity index (χ0) is 17.2. The number of aromatic nitrogens is 1. The van der Waals surface area contributed by atoms with Crippen molar-refractivity contribution in [2.24, 2.45) is 0 Å². The summed E-state index contributed by atoms with van der Waals surface area (Å²) >= 11 is 1.62. The number of oxazole rings is 1. The van der Waals surface area contributed by atoms with Gasteiger partial charge in [-0.05, 0) is 30.3 Å². The lowest BCUT2D eigenvalue weighted by atomic mass is 10.2. The first-order chi connectivity index (χ1) is 12.2. The topological polar surface area (TPSA) is 73.6 Å². The fourth-order valence-electron chi connectivity index (χ4n) is 2.61. The van der Waals surface area contributed by atoms with Gasteiger partial charge in [0.25, 0.3) is 5.91 Å². The van der Waals surface area contributed by atoms with E-state index in [9.17, 15) is 4.79 Å². The molecule has 6 nitrogen and oxygen atoms in total. The van der Waals surface area contributed by atoms with Crippen molar-refractivity contribution in [2.45, 2.75) is 17.6 Å². The summed E-state index contributed by atoms with van der Waals surface area (Å²) in [6.07, 6.45) is -0.531. The zero-order valence-electron chi connectivity index (χ0n) is 13.5. The van der Waals surface area contributed by atoms with Crippen LogP contribution in [0.3, 0.4) is 0 Å². The van der Waals surface area contributed by atoms with Gasteiger partial charge in [-0.2, -0.15) is 0 Å². The second-order valence-corrected chi connectivity index (χ2v) is 6.64. The van der Waals surface area contributed by atoms with E-state index in [1.54, 1.807) is 37.1 Å². The maximum Gasteiger partial charge on any atom is 0.266 e. The molecule has 0 fully saturated rings. The van der Waals surface area contributed by atoms with E-state index in [0.717, 1.165) is 10.6 Å². The van der Waals surface area contributed by atoms with E-state index >= 15 is 0 Å². The van der Waals surface area contributed by atoms with Crippen LogP contribution in [-0.4, -0.2) is 29.9 Å². The van der Waals surface area contributed by atoms with Crippen LogP contribution < -0.4 is 10.1 Å². The molecule has 0 aliphatic carbocycles. The van der Waals surface area contributed by atoms with E-state index < -0.39 is 6.10 Å². The molecule has 0 radical (unpaired) electrons. The average molecular weight is 356 g/mol. The third-order valence-corrected chi connectivity index (χ3v) is 4.89. The largest absolute Gasteiger partial charge is 0.479 e. The highest BCUT2D eigenvalue weighted by Crippen LogP contribution is 2.35. The maximum absolute atomic E-state index is 12.5. The number of para-hydroxylation sites is 1. The molecule has 0 saturated carbocycles. The molecule has 3 aromatic rings. The maximum atomic E-state index is 12.5. The van der Waals surface area contributed by atoms with E-state index in [0.29, 0.717) is 35.0 Å². The summed E-state index contributed by atoms with van der Waals surface area (Å²) in [6.45, 7) is 0.308. The van der Waals surface area contributed by atoms with Crippen LogP contribution in [-0.2, 0) is 16.1 Å². The number of hydrogen-bond acceptors (Lipinski definition) is 6. The first-order valence-corrected chi connectivity index (χ1v) is 8.79. The first-order valence-electron chi connectivity index (χ1n) is 7.80. The number of carbonyl (C=O) groups excluding carboxylic acids is 1. The fraction of sp³-hybridized carbons (Fsp3) is 0.222. The molecular weight excluding hydrogens is 340 g/mol. The van der Waals surface area contributed by atoms with Gasteiger partial charge in [0, 0.05) is 23.4 Å². The van der Waals surface area contributed by atoms with Crippen molar-refractivity contribution in [1.29, 1.82) is 0 Å². The Morgan fingerprint density at radius 1 is 1.36 bits per heavy atom. The Balaban J connectivity index is 1.48. The quantitative estimate of drug-likeness (QED) is 0.772. The second kappa shape index (κ2) is 6.78. The van der Waals surface area contributed by atoms with Crippen LogP contribution in [0.4, 0.5) is 5.69 Å². The molecule has 0 bridgehead atoms. The molecule has 0 saturated heterocycles. The minimum atomic E-state index is -0.531. The van der Waals surface area contributed by atoms with E-state index in [1.165, 1.54) is 0 Å². The van der Waals surface area contributed by atoms with E-state index in [-0.39, 0.29) is 5.91 Å². The van der Waals surface area contributed by atoms with E-state index in [2.05, 4.69) is 10.3 Å². The van der Waals surface area contributed by atoms with Crippen LogP contribution in [0.25, 0.3) is 11.1 Å². The molecule has 1 atom stereocenters. The molecule has 2 heterocycles. The molecule has 2 aromatic carbocycles. The van der Waals surface area contributed by atoms with Crippen molar-refractivity contribution >= 4 is 34.5 Å². The summed E-state index contributed by atoms with van der Waals surface area (Å²) in [6, 6.07) is 13.1. The third kappa shape index (κ3) is 3.33. The molecule has 4 rings (SSSR count). The molecule has 1 aliphatic rings. The molecule has 1 amide bonds. The lowest BCUT2D eigenvalue weighted by molar-refractivity contribution is -0.122. The number of thioether (sulfide) groups is 1. The number of ether oxygens (including phenoxy) is 2. The van der Waals surface area contributed by atoms with Crippen LogP contribution in [0.15, 0.2) is 51.8 Å². The van der Waals surface area contributed by atoms with Gasteiger partial charge in [0.05, 0.1) is 0 Å². The van der Waals surface area contributed by atoms with Crippen LogP contribution in [0, 0.1) is 0 Å². The SMILES string of the molecule is COCc1nc2cc(NC(=O)[C@H]3CSc4ccccc4O3)ccc2o1. The van der Waals surface area contributed by atoms with Gasteiger partial charge < -0.3 is 19.2 Å². The van der Waals surface area contributed by atoms with Gasteiger partial charge in [0.2, 0.25) is 5.89 Å². The van der Waals surface area contributed by atoms with Gasteiger partial charge >= 0.3 is 0 Å². The Labute approximate surface area is 148 Å². The Bertz CT molecular complexity index is 924. The Morgan fingerprint density at radius 2 is 2.24 bits per heavy atom. The smallest absolute Gasteiger partial charge is 0.266 e. The van der Waals surface area contributed by atoms with Crippen LogP contribution >= 0.6 is 11.8 Å². The molecule has 128 valence electrons. The normalized spacial score (nSPS) is 16.3. The van der Waals surface area contributed by atoms with Crippen LogP contribution in [0.5, 0.6) is 5.75 Å². The molecule has 1 N–H and O–H groups in total. The first kappa shape index (κ1) is 16.0. The van der Waals surface area contributed by atoms with E-state index in [1.807, 2.05) is 24.3 Å². The number of amides is 1. The number of nitrogens with one attached hydrogen (secondary N) is 1. The number of rotatable bonds is 4. The molecule has 0 unspecified atom stereocenters. The van der Waals surface area contributed by atoms with Crippen molar-refractivity contribution in [3.63, 3.8) is 0 Å². The van der Waals surface area contributed by atoms with E-state index in [4.69, 9.17) is 13.9 Å². The highest BCUT2D eigenvalue weighted by atomic mass is 32.2. The highest BCUT2D eigenvalue weighted by Gasteiger charge is 2.26. The minimum absolute atomic E-state index is 0.179. The van der Waals surface area contributed by atoms with Gasteiger partial charge in [0.1, 0.15) is 17.9 Å².